The number of para-hydroxylation sites is 1. The normalized spacial score (nSPS) is 18.4. The standard InChI is InChI=1S/C19H24N4O5/c1-13(16(24)23-12-9-20-18(23)26)28-17(25)14-7-10-22(11-8-14)19(27)21-15-5-3-2-4-6-15/h2-6,13-14H,7-12H2,1H3,(H,20,26)(H,21,27)/t13-/m0/s1. The zero-order chi connectivity index (χ0) is 20.1. The van der Waals surface area contributed by atoms with E-state index in [1.54, 1.807) is 17.0 Å². The van der Waals surface area contributed by atoms with Crippen molar-refractivity contribution in [2.24, 2.45) is 5.92 Å². The van der Waals surface area contributed by atoms with Gasteiger partial charge in [-0.2, -0.15) is 0 Å². The second-order valence-corrected chi connectivity index (χ2v) is 6.86. The molecule has 2 saturated heterocycles. The number of imide groups is 1. The van der Waals surface area contributed by atoms with Crippen LogP contribution in [0.15, 0.2) is 30.3 Å². The summed E-state index contributed by atoms with van der Waals surface area (Å²) in [5.41, 5.74) is 0.715. The summed E-state index contributed by atoms with van der Waals surface area (Å²) in [6.07, 6.45) is -0.0889. The van der Waals surface area contributed by atoms with Crippen molar-refractivity contribution in [2.45, 2.75) is 25.9 Å². The zero-order valence-electron chi connectivity index (χ0n) is 15.7. The van der Waals surface area contributed by atoms with Gasteiger partial charge in [0.25, 0.3) is 5.91 Å². The van der Waals surface area contributed by atoms with Crippen LogP contribution < -0.4 is 10.6 Å². The molecule has 2 heterocycles. The fourth-order valence-corrected chi connectivity index (χ4v) is 3.26. The molecule has 0 spiro atoms. The molecule has 0 radical (unpaired) electrons. The summed E-state index contributed by atoms with van der Waals surface area (Å²) in [5, 5.41) is 5.36. The van der Waals surface area contributed by atoms with Crippen molar-refractivity contribution in [2.75, 3.05) is 31.5 Å². The van der Waals surface area contributed by atoms with Crippen LogP contribution in [0.25, 0.3) is 0 Å². The maximum atomic E-state index is 12.4. The number of hydrogen-bond acceptors (Lipinski definition) is 5. The van der Waals surface area contributed by atoms with E-state index in [0.29, 0.717) is 38.2 Å². The molecule has 0 aromatic heterocycles. The minimum atomic E-state index is -1.02. The van der Waals surface area contributed by atoms with Gasteiger partial charge in [-0.1, -0.05) is 18.2 Å². The quantitative estimate of drug-likeness (QED) is 0.759. The minimum Gasteiger partial charge on any atom is -0.452 e. The van der Waals surface area contributed by atoms with Gasteiger partial charge in [0.15, 0.2) is 6.10 Å². The van der Waals surface area contributed by atoms with E-state index in [4.69, 9.17) is 4.74 Å². The first-order valence-electron chi connectivity index (χ1n) is 9.36. The van der Waals surface area contributed by atoms with E-state index in [2.05, 4.69) is 10.6 Å². The van der Waals surface area contributed by atoms with Crippen molar-refractivity contribution in [3.8, 4) is 0 Å². The van der Waals surface area contributed by atoms with Gasteiger partial charge in [0.1, 0.15) is 0 Å². The molecule has 9 nitrogen and oxygen atoms in total. The molecule has 0 saturated carbocycles. The Kier molecular flexibility index (Phi) is 6.13. The van der Waals surface area contributed by atoms with E-state index in [1.807, 2.05) is 18.2 Å². The van der Waals surface area contributed by atoms with Crippen LogP contribution in [0.4, 0.5) is 15.3 Å². The molecule has 150 valence electrons. The third kappa shape index (κ3) is 4.59. The third-order valence-corrected chi connectivity index (χ3v) is 4.90. The zero-order valence-corrected chi connectivity index (χ0v) is 15.7. The summed E-state index contributed by atoms with van der Waals surface area (Å²) < 4.78 is 5.27. The van der Waals surface area contributed by atoms with Crippen molar-refractivity contribution in [1.29, 1.82) is 0 Å². The average molecular weight is 388 g/mol. The molecule has 3 rings (SSSR count). The van der Waals surface area contributed by atoms with Crippen LogP contribution in [-0.4, -0.2) is 66.0 Å². The molecule has 2 aliphatic heterocycles. The molecular weight excluding hydrogens is 364 g/mol. The first-order valence-corrected chi connectivity index (χ1v) is 9.36. The fraction of sp³-hybridized carbons (Fsp3) is 0.474. The lowest BCUT2D eigenvalue weighted by atomic mass is 9.97. The number of amides is 5. The van der Waals surface area contributed by atoms with Gasteiger partial charge in [-0.25, -0.2) is 9.59 Å². The number of piperidine rings is 1. The Morgan fingerprint density at radius 2 is 1.82 bits per heavy atom. The Bertz CT molecular complexity index is 746. The fourth-order valence-electron chi connectivity index (χ4n) is 3.26. The molecule has 5 amide bonds. The Labute approximate surface area is 163 Å². The van der Waals surface area contributed by atoms with Gasteiger partial charge < -0.3 is 20.3 Å². The van der Waals surface area contributed by atoms with Gasteiger partial charge in [-0.3, -0.25) is 14.5 Å². The highest BCUT2D eigenvalue weighted by atomic mass is 16.5. The second kappa shape index (κ2) is 8.73. The molecule has 2 fully saturated rings. The molecule has 0 bridgehead atoms. The predicted octanol–water partition coefficient (Wildman–Crippen LogP) is 1.41. The molecule has 0 aliphatic carbocycles. The Balaban J connectivity index is 1.45. The van der Waals surface area contributed by atoms with Crippen LogP contribution in [0.2, 0.25) is 0 Å². The minimum absolute atomic E-state index is 0.207. The number of hydrogen-bond donors (Lipinski definition) is 2. The summed E-state index contributed by atoms with van der Waals surface area (Å²) in [5.74, 6) is -1.37. The Morgan fingerprint density at radius 1 is 1.14 bits per heavy atom. The van der Waals surface area contributed by atoms with Crippen LogP contribution in [0.3, 0.4) is 0 Å². The van der Waals surface area contributed by atoms with E-state index >= 15 is 0 Å². The summed E-state index contributed by atoms with van der Waals surface area (Å²) in [7, 11) is 0. The monoisotopic (exact) mass is 388 g/mol. The lowest BCUT2D eigenvalue weighted by molar-refractivity contribution is -0.162. The van der Waals surface area contributed by atoms with Gasteiger partial charge in [0.2, 0.25) is 0 Å². The number of carbonyl (C=O) groups excluding carboxylic acids is 4. The number of ether oxygens (including phenoxy) is 1. The van der Waals surface area contributed by atoms with Crippen molar-refractivity contribution in [1.82, 2.24) is 15.1 Å². The Morgan fingerprint density at radius 3 is 2.43 bits per heavy atom. The van der Waals surface area contributed by atoms with E-state index in [-0.39, 0.29) is 18.5 Å². The molecule has 1 atom stereocenters. The summed E-state index contributed by atoms with van der Waals surface area (Å²) >= 11 is 0. The van der Waals surface area contributed by atoms with E-state index in [1.165, 1.54) is 6.92 Å². The van der Waals surface area contributed by atoms with Crippen molar-refractivity contribution in [3.63, 3.8) is 0 Å². The lowest BCUT2D eigenvalue weighted by Gasteiger charge is -2.31. The van der Waals surface area contributed by atoms with Crippen LogP contribution in [0.1, 0.15) is 19.8 Å². The number of benzene rings is 1. The van der Waals surface area contributed by atoms with Crippen molar-refractivity contribution < 1.29 is 23.9 Å². The number of rotatable bonds is 4. The smallest absolute Gasteiger partial charge is 0.324 e. The molecular formula is C19H24N4O5. The van der Waals surface area contributed by atoms with Gasteiger partial charge in [0, 0.05) is 31.9 Å². The lowest BCUT2D eigenvalue weighted by Crippen LogP contribution is -2.45. The van der Waals surface area contributed by atoms with Crippen molar-refractivity contribution in [3.05, 3.63) is 30.3 Å². The van der Waals surface area contributed by atoms with E-state index in [0.717, 1.165) is 4.90 Å². The highest BCUT2D eigenvalue weighted by Crippen LogP contribution is 2.20. The number of anilines is 1. The molecule has 2 aliphatic rings. The maximum Gasteiger partial charge on any atom is 0.324 e. The highest BCUT2D eigenvalue weighted by Gasteiger charge is 2.34. The first kappa shape index (κ1) is 19.7. The van der Waals surface area contributed by atoms with E-state index < -0.39 is 24.0 Å². The van der Waals surface area contributed by atoms with Gasteiger partial charge >= 0.3 is 18.0 Å². The van der Waals surface area contributed by atoms with E-state index in [9.17, 15) is 19.2 Å². The van der Waals surface area contributed by atoms with Gasteiger partial charge in [0.05, 0.1) is 5.92 Å². The number of likely N-dealkylation sites (tertiary alicyclic amines) is 1. The number of urea groups is 2. The van der Waals surface area contributed by atoms with Crippen LogP contribution in [0, 0.1) is 5.92 Å². The van der Waals surface area contributed by atoms with Crippen molar-refractivity contribution >= 4 is 29.6 Å². The number of esters is 1. The maximum absolute atomic E-state index is 12.4. The number of carbonyl (C=O) groups is 4. The number of nitrogens with one attached hydrogen (secondary N) is 2. The molecule has 1 aromatic carbocycles. The van der Waals surface area contributed by atoms with Gasteiger partial charge in [-0.05, 0) is 31.9 Å². The average Bonchev–Trinajstić information content (AvgIpc) is 3.14. The largest absolute Gasteiger partial charge is 0.452 e. The molecule has 1 aromatic rings. The summed E-state index contributed by atoms with van der Waals surface area (Å²) in [6.45, 7) is 2.99. The predicted molar refractivity (Wildman–Crippen MR) is 100 cm³/mol. The topological polar surface area (TPSA) is 108 Å². The molecule has 28 heavy (non-hydrogen) atoms. The van der Waals surface area contributed by atoms with Gasteiger partial charge in [-0.15, -0.1) is 0 Å². The van der Waals surface area contributed by atoms with Crippen LogP contribution in [-0.2, 0) is 14.3 Å². The van der Waals surface area contributed by atoms with Crippen LogP contribution >= 0.6 is 0 Å². The first-order chi connectivity index (χ1) is 13.5. The van der Waals surface area contributed by atoms with Crippen LogP contribution in [0.5, 0.6) is 0 Å². The second-order valence-electron chi connectivity index (χ2n) is 6.86. The summed E-state index contributed by atoms with van der Waals surface area (Å²) in [4.78, 5) is 51.1. The molecule has 2 N–H and O–H groups in total. The molecule has 9 heteroatoms. The summed E-state index contributed by atoms with van der Waals surface area (Å²) in [6, 6.07) is 8.49. The molecule has 0 unspecified atom stereocenters. The number of nitrogens with zero attached hydrogens (tertiary/aromatic N) is 2. The highest BCUT2D eigenvalue weighted by molar-refractivity contribution is 5.98. The SMILES string of the molecule is C[C@H](OC(=O)C1CCN(C(=O)Nc2ccccc2)CC1)C(=O)N1CCNC1=O. The third-order valence-electron chi connectivity index (χ3n) is 4.90. The Hall–Kier alpha value is -3.10.